The molecule has 0 N–H and O–H groups in total. The molecule has 100 valence electrons. The first-order valence-electron chi connectivity index (χ1n) is 5.77. The van der Waals surface area contributed by atoms with Crippen molar-refractivity contribution in [2.75, 3.05) is 12.1 Å². The minimum Gasteiger partial charge on any atom is -0.469 e. The molecule has 1 aliphatic rings. The van der Waals surface area contributed by atoms with Crippen LogP contribution in [0.4, 0.5) is 5.82 Å². The van der Waals surface area contributed by atoms with Crippen LogP contribution in [0.2, 0.25) is 0 Å². The van der Waals surface area contributed by atoms with Gasteiger partial charge in [0.15, 0.2) is 5.82 Å². The van der Waals surface area contributed by atoms with Crippen molar-refractivity contribution in [2.24, 2.45) is 11.0 Å². The third-order valence-electron chi connectivity index (χ3n) is 2.87. The summed E-state index contributed by atoms with van der Waals surface area (Å²) in [6, 6.07) is 1.66. The normalized spacial score (nSPS) is 18.5. The Hall–Kier alpha value is -2.31. The minimum absolute atomic E-state index is 0.00870. The Kier molecular flexibility index (Phi) is 3.55. The molecule has 0 aromatic carbocycles. The Labute approximate surface area is 110 Å². The molecule has 7 heteroatoms. The summed E-state index contributed by atoms with van der Waals surface area (Å²) in [5.41, 5.74) is 1.31. The topological polar surface area (TPSA) is 84.8 Å². The molecule has 1 aliphatic heterocycles. The number of aryl methyl sites for hydroxylation is 1. The van der Waals surface area contributed by atoms with Crippen molar-refractivity contribution in [3.8, 4) is 0 Å². The molecule has 1 aromatic rings. The highest BCUT2D eigenvalue weighted by Crippen LogP contribution is 2.24. The summed E-state index contributed by atoms with van der Waals surface area (Å²) >= 11 is 0. The van der Waals surface area contributed by atoms with Crippen LogP contribution in [-0.2, 0) is 14.3 Å². The van der Waals surface area contributed by atoms with Gasteiger partial charge in [0.1, 0.15) is 6.33 Å². The number of hydrogen-bond donors (Lipinski definition) is 0. The summed E-state index contributed by atoms with van der Waals surface area (Å²) in [5, 5.41) is 5.36. The molecule has 0 fully saturated rings. The van der Waals surface area contributed by atoms with Crippen LogP contribution in [0.3, 0.4) is 0 Å². The van der Waals surface area contributed by atoms with E-state index in [0.29, 0.717) is 11.5 Å². The summed E-state index contributed by atoms with van der Waals surface area (Å²) in [5.74, 6) is -0.887. The second-order valence-electron chi connectivity index (χ2n) is 4.24. The van der Waals surface area contributed by atoms with Crippen LogP contribution in [0.1, 0.15) is 19.0 Å². The Morgan fingerprint density at radius 1 is 1.42 bits per heavy atom. The molecule has 0 spiro atoms. The Morgan fingerprint density at radius 2 is 2.16 bits per heavy atom. The van der Waals surface area contributed by atoms with Crippen molar-refractivity contribution < 1.29 is 14.3 Å². The number of carbonyl (C=O) groups is 2. The highest BCUT2D eigenvalue weighted by atomic mass is 16.5. The van der Waals surface area contributed by atoms with Gasteiger partial charge in [-0.1, -0.05) is 0 Å². The molecule has 0 aliphatic carbocycles. The molecule has 0 bridgehead atoms. The number of ether oxygens (including phenoxy) is 1. The van der Waals surface area contributed by atoms with Gasteiger partial charge in [-0.05, 0) is 13.8 Å². The number of aromatic nitrogens is 2. The van der Waals surface area contributed by atoms with Gasteiger partial charge in [-0.2, -0.15) is 10.1 Å². The fourth-order valence-corrected chi connectivity index (χ4v) is 1.81. The van der Waals surface area contributed by atoms with Gasteiger partial charge >= 0.3 is 5.97 Å². The van der Waals surface area contributed by atoms with Gasteiger partial charge in [0.2, 0.25) is 0 Å². The standard InChI is InChI=1S/C12H14N4O3/c1-7-4-10(14-6-13-7)16-12(18)9(8(2)15-16)5-11(17)19-3/h4,6,9H,5H2,1-3H3. The number of methoxy groups -OCH3 is 1. The predicted molar refractivity (Wildman–Crippen MR) is 67.5 cm³/mol. The van der Waals surface area contributed by atoms with E-state index in [9.17, 15) is 9.59 Å². The van der Waals surface area contributed by atoms with Crippen LogP contribution in [-0.4, -0.2) is 34.7 Å². The number of amides is 1. The first-order valence-corrected chi connectivity index (χ1v) is 5.77. The minimum atomic E-state index is -0.581. The monoisotopic (exact) mass is 262 g/mol. The maximum atomic E-state index is 12.2. The van der Waals surface area contributed by atoms with E-state index < -0.39 is 11.9 Å². The second kappa shape index (κ2) is 5.13. The number of hydrazone groups is 1. The molecule has 1 unspecified atom stereocenters. The van der Waals surface area contributed by atoms with Gasteiger partial charge in [0, 0.05) is 17.5 Å². The van der Waals surface area contributed by atoms with Gasteiger partial charge < -0.3 is 4.74 Å². The first-order chi connectivity index (χ1) is 9.02. The summed E-state index contributed by atoms with van der Waals surface area (Å²) in [4.78, 5) is 31.5. The summed E-state index contributed by atoms with van der Waals surface area (Å²) in [7, 11) is 1.29. The van der Waals surface area contributed by atoms with Crippen molar-refractivity contribution in [1.29, 1.82) is 0 Å². The first kappa shape index (κ1) is 13.1. The van der Waals surface area contributed by atoms with E-state index in [-0.39, 0.29) is 12.3 Å². The molecule has 1 amide bonds. The van der Waals surface area contributed by atoms with Crippen molar-refractivity contribution in [1.82, 2.24) is 9.97 Å². The summed E-state index contributed by atoms with van der Waals surface area (Å²) < 4.78 is 4.58. The van der Waals surface area contributed by atoms with Gasteiger partial charge in [-0.3, -0.25) is 9.59 Å². The number of nitrogens with zero attached hydrogens (tertiary/aromatic N) is 4. The van der Waals surface area contributed by atoms with E-state index >= 15 is 0 Å². The van der Waals surface area contributed by atoms with Gasteiger partial charge in [0.25, 0.3) is 5.91 Å². The average molecular weight is 262 g/mol. The largest absolute Gasteiger partial charge is 0.469 e. The molecule has 7 nitrogen and oxygen atoms in total. The molecule has 0 saturated heterocycles. The number of esters is 1. The highest BCUT2D eigenvalue weighted by molar-refractivity contribution is 6.15. The highest BCUT2D eigenvalue weighted by Gasteiger charge is 2.36. The maximum absolute atomic E-state index is 12.2. The molecule has 1 atom stereocenters. The zero-order chi connectivity index (χ0) is 14.0. The Balaban J connectivity index is 2.23. The average Bonchev–Trinajstić information content (AvgIpc) is 2.66. The van der Waals surface area contributed by atoms with Gasteiger partial charge in [-0.15, -0.1) is 0 Å². The third-order valence-corrected chi connectivity index (χ3v) is 2.87. The van der Waals surface area contributed by atoms with E-state index in [1.165, 1.54) is 18.4 Å². The molecular weight excluding hydrogens is 248 g/mol. The number of rotatable bonds is 3. The fourth-order valence-electron chi connectivity index (χ4n) is 1.81. The summed E-state index contributed by atoms with van der Waals surface area (Å²) in [6.07, 6.45) is 1.36. The molecule has 0 saturated carbocycles. The lowest BCUT2D eigenvalue weighted by Crippen LogP contribution is -2.29. The Morgan fingerprint density at radius 3 is 2.79 bits per heavy atom. The zero-order valence-electron chi connectivity index (χ0n) is 11.0. The predicted octanol–water partition coefficient (Wildman–Crippen LogP) is 0.687. The van der Waals surface area contributed by atoms with E-state index in [4.69, 9.17) is 0 Å². The second-order valence-corrected chi connectivity index (χ2v) is 4.24. The van der Waals surface area contributed by atoms with E-state index in [1.807, 2.05) is 0 Å². The molecule has 2 rings (SSSR count). The zero-order valence-corrected chi connectivity index (χ0v) is 11.0. The van der Waals surface area contributed by atoms with Crippen LogP contribution in [0.25, 0.3) is 0 Å². The number of hydrogen-bond acceptors (Lipinski definition) is 6. The van der Waals surface area contributed by atoms with Crippen LogP contribution in [0, 0.1) is 12.8 Å². The lowest BCUT2D eigenvalue weighted by molar-refractivity contribution is -0.142. The van der Waals surface area contributed by atoms with Gasteiger partial charge in [0.05, 0.1) is 19.4 Å². The van der Waals surface area contributed by atoms with Crippen LogP contribution in [0.15, 0.2) is 17.5 Å². The third kappa shape index (κ3) is 2.59. The van der Waals surface area contributed by atoms with Crippen molar-refractivity contribution in [2.45, 2.75) is 20.3 Å². The van der Waals surface area contributed by atoms with Crippen LogP contribution >= 0.6 is 0 Å². The fraction of sp³-hybridized carbons (Fsp3) is 0.417. The van der Waals surface area contributed by atoms with Crippen molar-refractivity contribution >= 4 is 23.4 Å². The number of anilines is 1. The lowest BCUT2D eigenvalue weighted by atomic mass is 10.0. The van der Waals surface area contributed by atoms with Crippen molar-refractivity contribution in [3.05, 3.63) is 18.1 Å². The maximum Gasteiger partial charge on any atom is 0.306 e. The van der Waals surface area contributed by atoms with E-state index in [1.54, 1.807) is 19.9 Å². The summed E-state index contributed by atoms with van der Waals surface area (Å²) in [6.45, 7) is 3.51. The quantitative estimate of drug-likeness (QED) is 0.748. The molecule has 0 radical (unpaired) electrons. The number of carbonyl (C=O) groups excluding carboxylic acids is 2. The SMILES string of the molecule is COC(=O)CC1C(=O)N(c2cc(C)ncn2)N=C1C. The van der Waals surface area contributed by atoms with Crippen LogP contribution < -0.4 is 5.01 Å². The smallest absolute Gasteiger partial charge is 0.306 e. The van der Waals surface area contributed by atoms with E-state index in [2.05, 4.69) is 19.8 Å². The molecule has 19 heavy (non-hydrogen) atoms. The molecule has 2 heterocycles. The Bertz CT molecular complexity index is 556. The van der Waals surface area contributed by atoms with Crippen LogP contribution in [0.5, 0.6) is 0 Å². The lowest BCUT2D eigenvalue weighted by Gasteiger charge is -2.12. The van der Waals surface area contributed by atoms with Crippen molar-refractivity contribution in [3.63, 3.8) is 0 Å². The molecular formula is C12H14N4O3. The molecule has 1 aromatic heterocycles. The van der Waals surface area contributed by atoms with E-state index in [0.717, 1.165) is 5.69 Å². The van der Waals surface area contributed by atoms with Gasteiger partial charge in [-0.25, -0.2) is 9.97 Å².